The number of likely N-dealkylation sites (N-methyl/N-ethyl adjacent to an activating group) is 1. The van der Waals surface area contributed by atoms with Gasteiger partial charge in [-0.05, 0) is 41.2 Å². The fourth-order valence-corrected chi connectivity index (χ4v) is 1.51. The maximum absolute atomic E-state index is 5.90. The summed E-state index contributed by atoms with van der Waals surface area (Å²) in [5.41, 5.74) is 10.7. The fraction of sp³-hybridized carbons (Fsp3) is 1.00. The number of hydrogen-bond acceptors (Lipinski definition) is 5. The molecule has 5 heteroatoms. The van der Waals surface area contributed by atoms with Gasteiger partial charge in [-0.1, -0.05) is 0 Å². The zero-order chi connectivity index (χ0) is 14.9. The molecular weight excluding hydrogens is 242 g/mol. The van der Waals surface area contributed by atoms with Gasteiger partial charge in [0.15, 0.2) is 0 Å². The molecule has 0 radical (unpaired) electrons. The molecule has 0 atom stereocenters. The molecule has 5 nitrogen and oxygen atoms in total. The average molecular weight is 275 g/mol. The van der Waals surface area contributed by atoms with Crippen molar-refractivity contribution in [2.45, 2.75) is 45.3 Å². The van der Waals surface area contributed by atoms with E-state index in [4.69, 9.17) is 20.9 Å². The molecule has 0 aromatic rings. The molecule has 0 rings (SSSR count). The molecule has 0 bridgehead atoms. The summed E-state index contributed by atoms with van der Waals surface area (Å²) in [6.45, 7) is 12.6. The van der Waals surface area contributed by atoms with E-state index in [1.807, 2.05) is 13.8 Å². The highest BCUT2D eigenvalue weighted by atomic mass is 16.5. The van der Waals surface area contributed by atoms with Crippen molar-refractivity contribution < 1.29 is 9.47 Å². The number of ether oxygens (including phenoxy) is 2. The molecule has 116 valence electrons. The molecule has 19 heavy (non-hydrogen) atoms. The smallest absolute Gasteiger partial charge is 0.0748 e. The van der Waals surface area contributed by atoms with Crippen LogP contribution in [0.5, 0.6) is 0 Å². The van der Waals surface area contributed by atoms with Crippen LogP contribution in [0.3, 0.4) is 0 Å². The van der Waals surface area contributed by atoms with Crippen LogP contribution in [0.2, 0.25) is 0 Å². The van der Waals surface area contributed by atoms with E-state index in [0.29, 0.717) is 26.3 Å². The minimum Gasteiger partial charge on any atom is -0.374 e. The largest absolute Gasteiger partial charge is 0.374 e. The zero-order valence-corrected chi connectivity index (χ0v) is 13.4. The lowest BCUT2D eigenvalue weighted by Crippen LogP contribution is -2.37. The molecule has 0 aromatic heterocycles. The average Bonchev–Trinajstić information content (AvgIpc) is 2.28. The molecule has 4 N–H and O–H groups in total. The van der Waals surface area contributed by atoms with Gasteiger partial charge in [-0.15, -0.1) is 0 Å². The molecule has 0 heterocycles. The molecule has 0 saturated carbocycles. The molecule has 0 aliphatic carbocycles. The Morgan fingerprint density at radius 3 is 2.00 bits per heavy atom. The Morgan fingerprint density at radius 1 is 0.895 bits per heavy atom. The second-order valence-electron chi connectivity index (χ2n) is 6.26. The van der Waals surface area contributed by atoms with E-state index in [-0.39, 0.29) is 11.2 Å². The summed E-state index contributed by atoms with van der Waals surface area (Å²) in [5.74, 6) is 0. The highest BCUT2D eigenvalue weighted by Gasteiger charge is 2.21. The van der Waals surface area contributed by atoms with Crippen LogP contribution < -0.4 is 11.5 Å². The summed E-state index contributed by atoms with van der Waals surface area (Å²) in [6, 6.07) is 0. The van der Waals surface area contributed by atoms with Gasteiger partial charge in [-0.2, -0.15) is 0 Å². The second-order valence-corrected chi connectivity index (χ2v) is 6.26. The van der Waals surface area contributed by atoms with Crippen molar-refractivity contribution in [2.24, 2.45) is 11.5 Å². The predicted molar refractivity (Wildman–Crippen MR) is 80.3 cm³/mol. The van der Waals surface area contributed by atoms with Gasteiger partial charge in [0.25, 0.3) is 0 Å². The molecule has 0 fully saturated rings. The maximum Gasteiger partial charge on any atom is 0.0748 e. The first-order chi connectivity index (χ1) is 8.72. The molecule has 0 unspecified atom stereocenters. The van der Waals surface area contributed by atoms with Gasteiger partial charge in [0.1, 0.15) is 0 Å². The van der Waals surface area contributed by atoms with E-state index >= 15 is 0 Å². The first-order valence-electron chi connectivity index (χ1n) is 7.09. The number of nitrogens with zero attached hydrogens (tertiary/aromatic N) is 1. The lowest BCUT2D eigenvalue weighted by atomic mass is 10.1. The monoisotopic (exact) mass is 275 g/mol. The third-order valence-electron chi connectivity index (χ3n) is 3.17. The third-order valence-corrected chi connectivity index (χ3v) is 3.17. The molecule has 0 aliphatic rings. The standard InChI is InChI=1S/C14H33N3O2/c1-13(2,6-10-18-14(3,4)12-16)19-11-9-17(5)8-7-15/h6-12,15-16H2,1-5H3. The summed E-state index contributed by atoms with van der Waals surface area (Å²) in [4.78, 5) is 2.17. The Labute approximate surface area is 118 Å². The Balaban J connectivity index is 3.80. The SMILES string of the molecule is CN(CCN)CCOC(C)(C)CCOC(C)(C)CN. The highest BCUT2D eigenvalue weighted by Crippen LogP contribution is 2.16. The minimum atomic E-state index is -0.253. The first kappa shape index (κ1) is 18.8. The van der Waals surface area contributed by atoms with Gasteiger partial charge in [0.2, 0.25) is 0 Å². The maximum atomic E-state index is 5.90. The summed E-state index contributed by atoms with van der Waals surface area (Å²) in [5, 5.41) is 0. The van der Waals surface area contributed by atoms with Crippen LogP contribution in [0, 0.1) is 0 Å². The minimum absolute atomic E-state index is 0.172. The lowest BCUT2D eigenvalue weighted by molar-refractivity contribution is -0.0715. The van der Waals surface area contributed by atoms with Gasteiger partial charge < -0.3 is 25.8 Å². The topological polar surface area (TPSA) is 73.7 Å². The van der Waals surface area contributed by atoms with E-state index in [2.05, 4.69) is 25.8 Å². The summed E-state index contributed by atoms with van der Waals surface area (Å²) < 4.78 is 11.6. The van der Waals surface area contributed by atoms with Crippen LogP contribution in [-0.4, -0.2) is 62.5 Å². The van der Waals surface area contributed by atoms with E-state index < -0.39 is 0 Å². The molecule has 0 aliphatic heterocycles. The lowest BCUT2D eigenvalue weighted by Gasteiger charge is -2.29. The summed E-state index contributed by atoms with van der Waals surface area (Å²) >= 11 is 0. The van der Waals surface area contributed by atoms with E-state index in [9.17, 15) is 0 Å². The number of nitrogens with two attached hydrogens (primary N) is 2. The van der Waals surface area contributed by atoms with Crippen molar-refractivity contribution in [3.05, 3.63) is 0 Å². The Kier molecular flexibility index (Phi) is 8.78. The highest BCUT2D eigenvalue weighted by molar-refractivity contribution is 4.72. The second kappa shape index (κ2) is 8.87. The third kappa shape index (κ3) is 10.3. The zero-order valence-electron chi connectivity index (χ0n) is 13.4. The summed E-state index contributed by atoms with van der Waals surface area (Å²) in [7, 11) is 2.05. The van der Waals surface area contributed by atoms with Gasteiger partial charge >= 0.3 is 0 Å². The quantitative estimate of drug-likeness (QED) is 0.584. The summed E-state index contributed by atoms with van der Waals surface area (Å²) in [6.07, 6.45) is 0.858. The molecular formula is C14H33N3O2. The van der Waals surface area contributed by atoms with Crippen molar-refractivity contribution in [3.63, 3.8) is 0 Å². The molecule has 0 aromatic carbocycles. The van der Waals surface area contributed by atoms with Crippen molar-refractivity contribution in [1.82, 2.24) is 4.90 Å². The van der Waals surface area contributed by atoms with Gasteiger partial charge in [-0.25, -0.2) is 0 Å². The van der Waals surface area contributed by atoms with Crippen LogP contribution in [0.15, 0.2) is 0 Å². The van der Waals surface area contributed by atoms with Gasteiger partial charge in [0, 0.05) is 26.2 Å². The molecule has 0 saturated heterocycles. The van der Waals surface area contributed by atoms with E-state index in [1.165, 1.54) is 0 Å². The molecule has 0 spiro atoms. The van der Waals surface area contributed by atoms with Crippen LogP contribution in [0.4, 0.5) is 0 Å². The van der Waals surface area contributed by atoms with Crippen molar-refractivity contribution in [1.29, 1.82) is 0 Å². The number of hydrogen-bond donors (Lipinski definition) is 2. The Bertz CT molecular complexity index is 233. The van der Waals surface area contributed by atoms with Gasteiger partial charge in [-0.3, -0.25) is 0 Å². The van der Waals surface area contributed by atoms with Crippen molar-refractivity contribution in [3.8, 4) is 0 Å². The van der Waals surface area contributed by atoms with Crippen molar-refractivity contribution >= 4 is 0 Å². The normalized spacial score (nSPS) is 13.3. The van der Waals surface area contributed by atoms with Gasteiger partial charge in [0.05, 0.1) is 24.4 Å². The number of rotatable bonds is 11. The van der Waals surface area contributed by atoms with Crippen molar-refractivity contribution in [2.75, 3.05) is 46.4 Å². The van der Waals surface area contributed by atoms with E-state index in [1.54, 1.807) is 0 Å². The van der Waals surface area contributed by atoms with Crippen LogP contribution in [-0.2, 0) is 9.47 Å². The van der Waals surface area contributed by atoms with Crippen LogP contribution >= 0.6 is 0 Å². The van der Waals surface area contributed by atoms with Crippen LogP contribution in [0.1, 0.15) is 34.1 Å². The Hall–Kier alpha value is -0.200. The molecule has 0 amide bonds. The first-order valence-corrected chi connectivity index (χ1v) is 7.09. The Morgan fingerprint density at radius 2 is 1.47 bits per heavy atom. The predicted octanol–water partition coefficient (Wildman–Crippen LogP) is 0.816. The van der Waals surface area contributed by atoms with Crippen LogP contribution in [0.25, 0.3) is 0 Å². The van der Waals surface area contributed by atoms with E-state index in [0.717, 1.165) is 19.5 Å². The fourth-order valence-electron chi connectivity index (χ4n) is 1.51.